The third kappa shape index (κ3) is 5.76. The molecule has 0 spiro atoms. The molecule has 5 nitrogen and oxygen atoms in total. The van der Waals surface area contributed by atoms with Crippen LogP contribution in [0.15, 0.2) is 47.6 Å². The Morgan fingerprint density at radius 2 is 2.04 bits per heavy atom. The van der Waals surface area contributed by atoms with Crippen molar-refractivity contribution < 1.29 is 14.3 Å². The number of halogens is 2. The summed E-state index contributed by atoms with van der Waals surface area (Å²) in [5.74, 6) is 0.719. The molecule has 0 heterocycles. The van der Waals surface area contributed by atoms with Crippen LogP contribution in [0, 0.1) is 0 Å². The van der Waals surface area contributed by atoms with Crippen LogP contribution in [0.2, 0.25) is 10.0 Å². The summed E-state index contributed by atoms with van der Waals surface area (Å²) in [6.07, 6.45) is 1.52. The second-order valence-corrected chi connectivity index (χ2v) is 5.51. The molecule has 1 N–H and O–H groups in total. The number of ether oxygens (including phenoxy) is 2. The molecule has 126 valence electrons. The van der Waals surface area contributed by atoms with E-state index in [0.29, 0.717) is 22.4 Å². The number of nitrogens with zero attached hydrogens (tertiary/aromatic N) is 1. The maximum absolute atomic E-state index is 11.7. The van der Waals surface area contributed by atoms with Gasteiger partial charge >= 0.3 is 0 Å². The van der Waals surface area contributed by atoms with Gasteiger partial charge in [-0.15, -0.1) is 0 Å². The molecule has 0 saturated heterocycles. The first-order valence-corrected chi connectivity index (χ1v) is 7.96. The van der Waals surface area contributed by atoms with Crippen molar-refractivity contribution in [2.75, 3.05) is 13.2 Å². The zero-order chi connectivity index (χ0) is 17.4. The van der Waals surface area contributed by atoms with Crippen LogP contribution < -0.4 is 14.9 Å². The summed E-state index contributed by atoms with van der Waals surface area (Å²) >= 11 is 11.7. The molecule has 24 heavy (non-hydrogen) atoms. The molecule has 0 radical (unpaired) electrons. The predicted octanol–water partition coefficient (Wildman–Crippen LogP) is 3.92. The van der Waals surface area contributed by atoms with E-state index in [2.05, 4.69) is 10.5 Å². The van der Waals surface area contributed by atoms with Crippen LogP contribution in [0.5, 0.6) is 11.5 Å². The van der Waals surface area contributed by atoms with Gasteiger partial charge in [0.05, 0.1) is 17.8 Å². The van der Waals surface area contributed by atoms with Gasteiger partial charge in [0.25, 0.3) is 5.91 Å². The van der Waals surface area contributed by atoms with Crippen molar-refractivity contribution in [2.24, 2.45) is 5.10 Å². The summed E-state index contributed by atoms with van der Waals surface area (Å²) in [7, 11) is 0. The van der Waals surface area contributed by atoms with Crippen LogP contribution in [0.25, 0.3) is 0 Å². The summed E-state index contributed by atoms with van der Waals surface area (Å²) in [4.78, 5) is 11.7. The lowest BCUT2D eigenvalue weighted by Crippen LogP contribution is -2.24. The number of hydrogen-bond donors (Lipinski definition) is 1. The topological polar surface area (TPSA) is 59.9 Å². The number of carbonyl (C=O) groups excluding carboxylic acids is 1. The smallest absolute Gasteiger partial charge is 0.277 e. The minimum Gasteiger partial charge on any atom is -0.494 e. The van der Waals surface area contributed by atoms with E-state index in [-0.39, 0.29) is 6.61 Å². The molecule has 2 aromatic rings. The number of amides is 1. The number of carbonyl (C=O) groups is 1. The van der Waals surface area contributed by atoms with Gasteiger partial charge in [0.1, 0.15) is 11.5 Å². The molecular weight excluding hydrogens is 351 g/mol. The fourth-order valence-electron chi connectivity index (χ4n) is 1.80. The van der Waals surface area contributed by atoms with Gasteiger partial charge < -0.3 is 9.47 Å². The Balaban J connectivity index is 1.83. The highest BCUT2D eigenvalue weighted by Gasteiger charge is 2.05. The molecule has 0 aliphatic rings. The summed E-state index contributed by atoms with van der Waals surface area (Å²) < 4.78 is 10.7. The molecule has 0 aliphatic heterocycles. The minimum atomic E-state index is -0.404. The van der Waals surface area contributed by atoms with E-state index in [1.54, 1.807) is 18.2 Å². The van der Waals surface area contributed by atoms with Crippen molar-refractivity contribution in [1.82, 2.24) is 5.43 Å². The maximum Gasteiger partial charge on any atom is 0.277 e. The number of rotatable bonds is 7. The minimum absolute atomic E-state index is 0.211. The Bertz CT molecular complexity index is 736. The Morgan fingerprint density at radius 3 is 2.79 bits per heavy atom. The normalized spacial score (nSPS) is 10.6. The van der Waals surface area contributed by atoms with Crippen molar-refractivity contribution in [3.63, 3.8) is 0 Å². The Kier molecular flexibility index (Phi) is 6.90. The van der Waals surface area contributed by atoms with Gasteiger partial charge in [-0.1, -0.05) is 35.3 Å². The van der Waals surface area contributed by atoms with Gasteiger partial charge in [0.15, 0.2) is 6.61 Å². The lowest BCUT2D eigenvalue weighted by Gasteiger charge is -2.07. The Morgan fingerprint density at radius 1 is 1.21 bits per heavy atom. The molecule has 2 aromatic carbocycles. The number of hydrazone groups is 1. The first-order valence-electron chi connectivity index (χ1n) is 7.21. The highest BCUT2D eigenvalue weighted by molar-refractivity contribution is 6.35. The molecule has 0 unspecified atom stereocenters. The van der Waals surface area contributed by atoms with E-state index >= 15 is 0 Å². The average molecular weight is 367 g/mol. The quantitative estimate of drug-likeness (QED) is 0.596. The number of nitrogens with one attached hydrogen (secondary N) is 1. The molecule has 0 aliphatic carbocycles. The third-order valence-electron chi connectivity index (χ3n) is 2.82. The van der Waals surface area contributed by atoms with Crippen molar-refractivity contribution in [1.29, 1.82) is 0 Å². The largest absolute Gasteiger partial charge is 0.494 e. The summed E-state index contributed by atoms with van der Waals surface area (Å²) in [5, 5.41) is 4.71. The van der Waals surface area contributed by atoms with Crippen molar-refractivity contribution in [3.8, 4) is 11.5 Å². The van der Waals surface area contributed by atoms with Crippen LogP contribution in [0.1, 0.15) is 12.5 Å². The first-order chi connectivity index (χ1) is 11.6. The highest BCUT2D eigenvalue weighted by atomic mass is 35.5. The second-order valence-electron chi connectivity index (χ2n) is 4.66. The van der Waals surface area contributed by atoms with E-state index < -0.39 is 5.91 Å². The molecule has 7 heteroatoms. The van der Waals surface area contributed by atoms with Gasteiger partial charge in [-0.3, -0.25) is 4.79 Å². The fourth-order valence-corrected chi connectivity index (χ4v) is 2.26. The van der Waals surface area contributed by atoms with Crippen molar-refractivity contribution >= 4 is 35.3 Å². The van der Waals surface area contributed by atoms with Crippen molar-refractivity contribution in [3.05, 3.63) is 58.1 Å². The first kappa shape index (κ1) is 18.1. The van der Waals surface area contributed by atoms with Crippen LogP contribution >= 0.6 is 23.2 Å². The van der Waals surface area contributed by atoms with Crippen LogP contribution in [0.3, 0.4) is 0 Å². The molecule has 0 fully saturated rings. The summed E-state index contributed by atoms with van der Waals surface area (Å²) in [5.41, 5.74) is 3.19. The zero-order valence-electron chi connectivity index (χ0n) is 13.0. The van der Waals surface area contributed by atoms with Crippen LogP contribution in [0.4, 0.5) is 0 Å². The maximum atomic E-state index is 11.7. The second kappa shape index (κ2) is 9.15. The third-order valence-corrected chi connectivity index (χ3v) is 3.36. The fraction of sp³-hybridized carbons (Fsp3) is 0.176. The van der Waals surface area contributed by atoms with E-state index in [1.807, 2.05) is 31.2 Å². The Hall–Kier alpha value is -2.24. The van der Waals surface area contributed by atoms with Gasteiger partial charge in [-0.25, -0.2) is 5.43 Å². The van der Waals surface area contributed by atoms with E-state index in [0.717, 1.165) is 11.3 Å². The molecule has 0 aromatic heterocycles. The van der Waals surface area contributed by atoms with E-state index in [9.17, 15) is 4.79 Å². The van der Waals surface area contributed by atoms with Crippen LogP contribution in [-0.2, 0) is 4.79 Å². The number of benzene rings is 2. The van der Waals surface area contributed by atoms with Gasteiger partial charge in [-0.05, 0) is 42.8 Å². The molecule has 0 atom stereocenters. The average Bonchev–Trinajstić information content (AvgIpc) is 2.55. The molecule has 2 rings (SSSR count). The lowest BCUT2D eigenvalue weighted by molar-refractivity contribution is -0.123. The van der Waals surface area contributed by atoms with E-state index in [4.69, 9.17) is 32.7 Å². The predicted molar refractivity (Wildman–Crippen MR) is 95.3 cm³/mol. The van der Waals surface area contributed by atoms with Gasteiger partial charge in [0, 0.05) is 5.02 Å². The zero-order valence-corrected chi connectivity index (χ0v) is 14.5. The molecular formula is C17H16Cl2N2O3. The highest BCUT2D eigenvalue weighted by Crippen LogP contribution is 2.27. The van der Waals surface area contributed by atoms with Gasteiger partial charge in [-0.2, -0.15) is 5.10 Å². The van der Waals surface area contributed by atoms with Crippen LogP contribution in [-0.4, -0.2) is 25.3 Å². The Labute approximate surface area is 150 Å². The van der Waals surface area contributed by atoms with Gasteiger partial charge in [0.2, 0.25) is 0 Å². The lowest BCUT2D eigenvalue weighted by atomic mass is 10.2. The van der Waals surface area contributed by atoms with E-state index in [1.165, 1.54) is 6.21 Å². The molecule has 0 bridgehead atoms. The van der Waals surface area contributed by atoms with Crippen molar-refractivity contribution in [2.45, 2.75) is 6.92 Å². The molecule has 1 amide bonds. The number of hydrogen-bond acceptors (Lipinski definition) is 4. The monoisotopic (exact) mass is 366 g/mol. The molecule has 0 saturated carbocycles. The summed E-state index contributed by atoms with van der Waals surface area (Å²) in [6.45, 7) is 2.29. The standard InChI is InChI=1S/C17H16Cl2N2O3/c1-2-23-14-5-3-4-12(8-14)10-20-21-17(22)11-24-16-7-6-13(18)9-15(16)19/h3-10H,2,11H2,1H3,(H,21,22)/b20-10+. The summed E-state index contributed by atoms with van der Waals surface area (Å²) in [6, 6.07) is 12.1. The SMILES string of the molecule is CCOc1cccc(/C=N/NC(=O)COc2ccc(Cl)cc2Cl)c1.